The Bertz CT molecular complexity index is 1180. The van der Waals surface area contributed by atoms with E-state index in [0.717, 1.165) is 67.7 Å². The first-order chi connectivity index (χ1) is 17.9. The van der Waals surface area contributed by atoms with Crippen LogP contribution in [0.5, 0.6) is 0 Å². The minimum atomic E-state index is -0.874. The number of anilines is 2. The van der Waals surface area contributed by atoms with Gasteiger partial charge >= 0.3 is 5.97 Å². The van der Waals surface area contributed by atoms with Crippen molar-refractivity contribution < 1.29 is 14.6 Å². The van der Waals surface area contributed by atoms with Gasteiger partial charge in [-0.2, -0.15) is 5.10 Å². The Labute approximate surface area is 219 Å². The molecule has 3 N–H and O–H groups in total. The third-order valence-electron chi connectivity index (χ3n) is 7.13. The molecule has 1 aromatic carbocycles. The van der Waals surface area contributed by atoms with Gasteiger partial charge in [0.1, 0.15) is 11.9 Å². The molecule has 0 aliphatic carbocycles. The van der Waals surface area contributed by atoms with E-state index in [1.807, 2.05) is 38.2 Å². The van der Waals surface area contributed by atoms with Crippen molar-refractivity contribution in [2.45, 2.75) is 57.6 Å². The van der Waals surface area contributed by atoms with Crippen LogP contribution >= 0.6 is 0 Å². The van der Waals surface area contributed by atoms with Crippen molar-refractivity contribution in [3.63, 3.8) is 0 Å². The van der Waals surface area contributed by atoms with Gasteiger partial charge < -0.3 is 25.4 Å². The number of carbonyl (C=O) groups is 1. The lowest BCUT2D eigenvalue weighted by molar-refractivity contribution is -0.138. The molecular formula is C28H40N6O3. The summed E-state index contributed by atoms with van der Waals surface area (Å²) >= 11 is 0. The molecule has 0 saturated heterocycles. The van der Waals surface area contributed by atoms with E-state index in [4.69, 9.17) is 9.72 Å². The molecule has 9 heteroatoms. The molecule has 200 valence electrons. The minimum absolute atomic E-state index is 0.0735. The first-order valence-electron chi connectivity index (χ1n) is 13.3. The number of para-hydroxylation sites is 1. The monoisotopic (exact) mass is 508 g/mol. The van der Waals surface area contributed by atoms with Gasteiger partial charge in [0, 0.05) is 44.9 Å². The molecule has 1 aliphatic heterocycles. The first kappa shape index (κ1) is 26.9. The molecule has 0 spiro atoms. The topological polar surface area (TPSA) is 105 Å². The molecule has 2 aromatic heterocycles. The van der Waals surface area contributed by atoms with Gasteiger partial charge in [-0.05, 0) is 75.8 Å². The predicted octanol–water partition coefficient (Wildman–Crippen LogP) is 3.94. The van der Waals surface area contributed by atoms with Crippen LogP contribution < -0.4 is 10.6 Å². The molecule has 9 nitrogen and oxygen atoms in total. The van der Waals surface area contributed by atoms with Crippen LogP contribution in [-0.2, 0) is 29.4 Å². The standard InChI is InChI=1S/C28H40N6O3/c1-20(37-3)19-34(17-7-6-10-22-14-13-21-9-8-16-29-26(21)30-22)18-15-24(28(35)36)31-27-23-11-4-5-12-25(23)33(2)32-27/h4-5,11-14,20,24H,6-10,15-19H2,1-3H3,(H,29,30)(H,31,32)(H,35,36). The van der Waals surface area contributed by atoms with Gasteiger partial charge in [0.25, 0.3) is 0 Å². The number of unbranched alkanes of at least 4 members (excludes halogenated alkanes) is 1. The van der Waals surface area contributed by atoms with E-state index in [-0.39, 0.29) is 6.10 Å². The number of ether oxygens (including phenoxy) is 1. The summed E-state index contributed by atoms with van der Waals surface area (Å²) in [5.74, 6) is 0.781. The zero-order valence-electron chi connectivity index (χ0n) is 22.2. The molecule has 4 rings (SSSR count). The van der Waals surface area contributed by atoms with Crippen molar-refractivity contribution in [3.05, 3.63) is 47.7 Å². The molecule has 1 aliphatic rings. The van der Waals surface area contributed by atoms with Gasteiger partial charge in [-0.25, -0.2) is 9.78 Å². The van der Waals surface area contributed by atoms with E-state index in [0.29, 0.717) is 18.8 Å². The first-order valence-corrected chi connectivity index (χ1v) is 13.3. The number of benzene rings is 1. The Balaban J connectivity index is 1.32. The number of aryl methyl sites for hydroxylation is 3. The predicted molar refractivity (Wildman–Crippen MR) is 147 cm³/mol. The highest BCUT2D eigenvalue weighted by Crippen LogP contribution is 2.23. The lowest BCUT2D eigenvalue weighted by atomic mass is 10.1. The van der Waals surface area contributed by atoms with Crippen molar-refractivity contribution in [3.8, 4) is 0 Å². The lowest BCUT2D eigenvalue weighted by Gasteiger charge is -2.26. The van der Waals surface area contributed by atoms with Crippen molar-refractivity contribution >= 4 is 28.5 Å². The molecular weight excluding hydrogens is 468 g/mol. The second-order valence-electron chi connectivity index (χ2n) is 9.96. The highest BCUT2D eigenvalue weighted by Gasteiger charge is 2.22. The number of rotatable bonds is 14. The SMILES string of the molecule is COC(C)CN(CCCCc1ccc2c(n1)NCCC2)CCC(Nc1nn(C)c2ccccc12)C(=O)O. The molecule has 37 heavy (non-hydrogen) atoms. The van der Waals surface area contributed by atoms with Crippen LogP contribution in [-0.4, -0.2) is 76.2 Å². The van der Waals surface area contributed by atoms with Crippen molar-refractivity contribution in [2.24, 2.45) is 7.05 Å². The quantitative estimate of drug-likeness (QED) is 0.281. The smallest absolute Gasteiger partial charge is 0.326 e. The van der Waals surface area contributed by atoms with Crippen LogP contribution in [0.2, 0.25) is 0 Å². The number of carboxylic acid groups (broad SMARTS) is 1. The molecule has 0 bridgehead atoms. The fourth-order valence-electron chi connectivity index (χ4n) is 4.94. The fraction of sp³-hybridized carbons (Fsp3) is 0.536. The maximum Gasteiger partial charge on any atom is 0.326 e. The summed E-state index contributed by atoms with van der Waals surface area (Å²) in [5.41, 5.74) is 3.41. The number of methoxy groups -OCH3 is 1. The van der Waals surface area contributed by atoms with E-state index in [1.165, 1.54) is 12.0 Å². The molecule has 0 radical (unpaired) electrons. The van der Waals surface area contributed by atoms with Crippen molar-refractivity contribution in [1.29, 1.82) is 0 Å². The van der Waals surface area contributed by atoms with Crippen LogP contribution in [0.1, 0.15) is 43.9 Å². The third-order valence-corrected chi connectivity index (χ3v) is 7.13. The summed E-state index contributed by atoms with van der Waals surface area (Å²) in [6, 6.07) is 11.5. The zero-order chi connectivity index (χ0) is 26.2. The number of aromatic nitrogens is 3. The number of hydrogen-bond acceptors (Lipinski definition) is 7. The Morgan fingerprint density at radius 3 is 2.89 bits per heavy atom. The Morgan fingerprint density at radius 1 is 1.24 bits per heavy atom. The van der Waals surface area contributed by atoms with Gasteiger partial charge in [0.2, 0.25) is 0 Å². The molecule has 2 atom stereocenters. The molecule has 0 amide bonds. The number of fused-ring (bicyclic) bond motifs is 2. The van der Waals surface area contributed by atoms with E-state index < -0.39 is 12.0 Å². The Hall–Kier alpha value is -3.17. The second kappa shape index (κ2) is 12.9. The highest BCUT2D eigenvalue weighted by atomic mass is 16.5. The number of hydrogen-bond donors (Lipinski definition) is 3. The van der Waals surface area contributed by atoms with Crippen molar-refractivity contribution in [2.75, 3.05) is 43.9 Å². The average molecular weight is 509 g/mol. The van der Waals surface area contributed by atoms with Gasteiger partial charge in [0.05, 0.1) is 11.6 Å². The summed E-state index contributed by atoms with van der Waals surface area (Å²) in [5, 5.41) is 22.0. The summed E-state index contributed by atoms with van der Waals surface area (Å²) in [4.78, 5) is 19.2. The lowest BCUT2D eigenvalue weighted by Crippen LogP contribution is -2.38. The van der Waals surface area contributed by atoms with E-state index in [1.54, 1.807) is 11.8 Å². The van der Waals surface area contributed by atoms with E-state index in [9.17, 15) is 9.90 Å². The fourth-order valence-corrected chi connectivity index (χ4v) is 4.94. The normalized spacial score (nSPS) is 14.8. The zero-order valence-corrected chi connectivity index (χ0v) is 22.2. The van der Waals surface area contributed by atoms with E-state index >= 15 is 0 Å². The summed E-state index contributed by atoms with van der Waals surface area (Å²) in [6.07, 6.45) is 5.79. The minimum Gasteiger partial charge on any atom is -0.480 e. The van der Waals surface area contributed by atoms with Crippen molar-refractivity contribution in [1.82, 2.24) is 19.7 Å². The molecule has 0 saturated carbocycles. The molecule has 3 heterocycles. The third kappa shape index (κ3) is 7.20. The van der Waals surface area contributed by atoms with E-state index in [2.05, 4.69) is 32.8 Å². The number of aliphatic carboxylic acids is 1. The Morgan fingerprint density at radius 2 is 2.08 bits per heavy atom. The highest BCUT2D eigenvalue weighted by molar-refractivity contribution is 5.91. The van der Waals surface area contributed by atoms with Crippen LogP contribution in [0.15, 0.2) is 36.4 Å². The maximum absolute atomic E-state index is 12.1. The number of carboxylic acids is 1. The van der Waals surface area contributed by atoms with Gasteiger partial charge in [-0.15, -0.1) is 0 Å². The van der Waals surface area contributed by atoms with Crippen LogP contribution in [0.3, 0.4) is 0 Å². The van der Waals surface area contributed by atoms with Crippen LogP contribution in [0.4, 0.5) is 11.6 Å². The van der Waals surface area contributed by atoms with Crippen LogP contribution in [0, 0.1) is 0 Å². The van der Waals surface area contributed by atoms with Gasteiger partial charge in [-0.1, -0.05) is 18.2 Å². The number of nitrogens with zero attached hydrogens (tertiary/aromatic N) is 4. The summed E-state index contributed by atoms with van der Waals surface area (Å²) in [6.45, 7) is 5.35. The largest absolute Gasteiger partial charge is 0.480 e. The number of nitrogens with one attached hydrogen (secondary N) is 2. The summed E-state index contributed by atoms with van der Waals surface area (Å²) in [7, 11) is 3.58. The number of pyridine rings is 1. The molecule has 0 fully saturated rings. The summed E-state index contributed by atoms with van der Waals surface area (Å²) < 4.78 is 7.28. The molecule has 3 aromatic rings. The second-order valence-corrected chi connectivity index (χ2v) is 9.96. The average Bonchev–Trinajstić information content (AvgIpc) is 3.23. The van der Waals surface area contributed by atoms with Gasteiger partial charge in [0.15, 0.2) is 5.82 Å². The van der Waals surface area contributed by atoms with Gasteiger partial charge in [-0.3, -0.25) is 4.68 Å². The van der Waals surface area contributed by atoms with Crippen LogP contribution in [0.25, 0.3) is 10.9 Å². The Kier molecular flexibility index (Phi) is 9.35. The maximum atomic E-state index is 12.1. The molecule has 2 unspecified atom stereocenters.